The summed E-state index contributed by atoms with van der Waals surface area (Å²) in [5, 5.41) is 4.04. The molecule has 162 valence electrons. The molecule has 0 fully saturated rings. The summed E-state index contributed by atoms with van der Waals surface area (Å²) < 4.78 is 12.7. The smallest absolute Gasteiger partial charge is 0.271 e. The molecule has 0 atom stereocenters. The van der Waals surface area contributed by atoms with Crippen molar-refractivity contribution >= 4 is 45.4 Å². The van der Waals surface area contributed by atoms with Gasteiger partial charge in [0.15, 0.2) is 15.8 Å². The predicted molar refractivity (Wildman–Crippen MR) is 130 cm³/mol. The van der Waals surface area contributed by atoms with Gasteiger partial charge in [0.25, 0.3) is 5.91 Å². The topological polar surface area (TPSA) is 72.8 Å². The Balaban J connectivity index is 1.32. The minimum atomic E-state index is -0.271. The van der Waals surface area contributed by atoms with Crippen molar-refractivity contribution in [2.75, 3.05) is 14.2 Å². The monoisotopic (exact) mass is 463 g/mol. The number of hydrogen-bond acceptors (Lipinski definition) is 7. The molecule has 4 aromatic rings. The number of carbonyl (C=O) groups excluding carboxylic acids is 1. The van der Waals surface area contributed by atoms with Gasteiger partial charge in [0, 0.05) is 11.3 Å². The third kappa shape index (κ3) is 5.27. The molecule has 3 aromatic carbocycles. The quantitative estimate of drug-likeness (QED) is 0.216. The number of hydrazone groups is 1. The van der Waals surface area contributed by atoms with E-state index in [1.165, 1.54) is 4.70 Å². The first-order chi connectivity index (χ1) is 15.7. The van der Waals surface area contributed by atoms with Crippen molar-refractivity contribution in [2.24, 2.45) is 5.10 Å². The van der Waals surface area contributed by atoms with Crippen LogP contribution in [0.3, 0.4) is 0 Å². The first kappa shape index (κ1) is 21.9. The fourth-order valence-electron chi connectivity index (χ4n) is 2.97. The highest BCUT2D eigenvalue weighted by atomic mass is 32.2. The largest absolute Gasteiger partial charge is 0.493 e. The SMILES string of the molecule is COc1ccc(C=NNC(=O)c2ccc(CSc3nc4ccccc4s3)cc2)cc1OC. The van der Waals surface area contributed by atoms with E-state index in [0.29, 0.717) is 17.1 Å². The zero-order chi connectivity index (χ0) is 22.3. The van der Waals surface area contributed by atoms with E-state index in [1.54, 1.807) is 67.8 Å². The van der Waals surface area contributed by atoms with E-state index in [4.69, 9.17) is 9.47 Å². The molecule has 0 aliphatic heterocycles. The second-order valence-corrected chi connectivity index (χ2v) is 9.00. The van der Waals surface area contributed by atoms with Gasteiger partial charge in [0.05, 0.1) is 30.7 Å². The molecule has 1 aromatic heterocycles. The van der Waals surface area contributed by atoms with Crippen LogP contribution in [-0.2, 0) is 5.75 Å². The number of ether oxygens (including phenoxy) is 2. The van der Waals surface area contributed by atoms with Crippen LogP contribution in [-0.4, -0.2) is 31.3 Å². The maximum absolute atomic E-state index is 12.4. The summed E-state index contributed by atoms with van der Waals surface area (Å²) in [5.41, 5.74) is 6.03. The standard InChI is InChI=1S/C24H21N3O3S2/c1-29-20-12-9-17(13-21(20)30-2)14-25-27-23(28)18-10-7-16(8-11-18)15-31-24-26-19-5-3-4-6-22(19)32-24/h3-14H,15H2,1-2H3,(H,27,28). The van der Waals surface area contributed by atoms with Crippen LogP contribution in [0.5, 0.6) is 11.5 Å². The number of thiazole rings is 1. The van der Waals surface area contributed by atoms with Crippen molar-refractivity contribution in [1.82, 2.24) is 10.4 Å². The number of hydrogen-bond donors (Lipinski definition) is 1. The molecule has 8 heteroatoms. The number of aromatic nitrogens is 1. The zero-order valence-electron chi connectivity index (χ0n) is 17.6. The van der Waals surface area contributed by atoms with Crippen molar-refractivity contribution in [3.63, 3.8) is 0 Å². The molecule has 4 rings (SSSR count). The first-order valence-corrected chi connectivity index (χ1v) is 11.6. The number of methoxy groups -OCH3 is 2. The Bertz CT molecular complexity index is 1220. The molecule has 6 nitrogen and oxygen atoms in total. The van der Waals surface area contributed by atoms with E-state index in [0.717, 1.165) is 26.7 Å². The number of nitrogens with zero attached hydrogens (tertiary/aromatic N) is 2. The van der Waals surface area contributed by atoms with Gasteiger partial charge in [-0.1, -0.05) is 36.0 Å². The molecule has 1 amide bonds. The van der Waals surface area contributed by atoms with Gasteiger partial charge < -0.3 is 9.47 Å². The Morgan fingerprint density at radius 2 is 1.84 bits per heavy atom. The number of nitrogens with one attached hydrogen (secondary N) is 1. The van der Waals surface area contributed by atoms with Crippen LogP contribution in [0.2, 0.25) is 0 Å². The maximum atomic E-state index is 12.4. The summed E-state index contributed by atoms with van der Waals surface area (Å²) >= 11 is 3.39. The predicted octanol–water partition coefficient (Wildman–Crippen LogP) is 5.37. The van der Waals surface area contributed by atoms with Gasteiger partial charge >= 0.3 is 0 Å². The molecule has 0 saturated carbocycles. The van der Waals surface area contributed by atoms with Crippen LogP contribution in [0.1, 0.15) is 21.5 Å². The number of fused-ring (bicyclic) bond motifs is 1. The lowest BCUT2D eigenvalue weighted by atomic mass is 10.1. The van der Waals surface area contributed by atoms with Crippen molar-refractivity contribution in [1.29, 1.82) is 0 Å². The Morgan fingerprint density at radius 3 is 2.59 bits per heavy atom. The lowest BCUT2D eigenvalue weighted by molar-refractivity contribution is 0.0955. The third-order valence-electron chi connectivity index (χ3n) is 4.64. The Kier molecular flexibility index (Phi) is 7.03. The van der Waals surface area contributed by atoms with Crippen LogP contribution in [0.15, 0.2) is 76.2 Å². The second kappa shape index (κ2) is 10.3. The van der Waals surface area contributed by atoms with Crippen molar-refractivity contribution in [3.05, 3.63) is 83.4 Å². The first-order valence-electron chi connectivity index (χ1n) is 9.79. The molecule has 0 aliphatic carbocycles. The molecule has 1 heterocycles. The van der Waals surface area contributed by atoms with Gasteiger partial charge in [-0.2, -0.15) is 5.10 Å². The zero-order valence-corrected chi connectivity index (χ0v) is 19.2. The Morgan fingerprint density at radius 1 is 1.06 bits per heavy atom. The normalized spacial score (nSPS) is 11.1. The molecule has 32 heavy (non-hydrogen) atoms. The number of thioether (sulfide) groups is 1. The Hall–Kier alpha value is -3.36. The van der Waals surface area contributed by atoms with Crippen molar-refractivity contribution in [3.8, 4) is 11.5 Å². The maximum Gasteiger partial charge on any atom is 0.271 e. The van der Waals surface area contributed by atoms with Gasteiger partial charge in [-0.3, -0.25) is 4.79 Å². The van der Waals surface area contributed by atoms with E-state index in [1.807, 2.05) is 36.4 Å². The molecule has 0 radical (unpaired) electrons. The Labute approximate surface area is 194 Å². The third-order valence-corrected chi connectivity index (χ3v) is 6.89. The van der Waals surface area contributed by atoms with E-state index < -0.39 is 0 Å². The minimum Gasteiger partial charge on any atom is -0.493 e. The highest BCUT2D eigenvalue weighted by Gasteiger charge is 2.07. The average molecular weight is 464 g/mol. The highest BCUT2D eigenvalue weighted by molar-refractivity contribution is 8.00. The summed E-state index contributed by atoms with van der Waals surface area (Å²) in [4.78, 5) is 17.0. The number of carbonyl (C=O) groups is 1. The van der Waals surface area contributed by atoms with Crippen LogP contribution >= 0.6 is 23.1 Å². The average Bonchev–Trinajstić information content (AvgIpc) is 3.26. The molecule has 0 saturated heterocycles. The van der Waals surface area contributed by atoms with Crippen molar-refractivity contribution in [2.45, 2.75) is 10.1 Å². The summed E-state index contributed by atoms with van der Waals surface area (Å²) in [6, 6.07) is 21.0. The van der Waals surface area contributed by atoms with Crippen LogP contribution in [0, 0.1) is 0 Å². The number of amides is 1. The molecule has 0 spiro atoms. The number of benzene rings is 3. The molecule has 0 unspecified atom stereocenters. The number of para-hydroxylation sites is 1. The van der Waals surface area contributed by atoms with E-state index in [-0.39, 0.29) is 5.91 Å². The van der Waals surface area contributed by atoms with Gasteiger partial charge in [0.1, 0.15) is 0 Å². The fourth-order valence-corrected chi connectivity index (χ4v) is 5.00. The molecular weight excluding hydrogens is 442 g/mol. The van der Waals surface area contributed by atoms with Gasteiger partial charge in [0.2, 0.25) is 0 Å². The van der Waals surface area contributed by atoms with E-state index >= 15 is 0 Å². The van der Waals surface area contributed by atoms with Gasteiger partial charge in [-0.15, -0.1) is 11.3 Å². The summed E-state index contributed by atoms with van der Waals surface area (Å²) in [6.45, 7) is 0. The fraction of sp³-hybridized carbons (Fsp3) is 0.125. The van der Waals surface area contributed by atoms with Crippen LogP contribution in [0.25, 0.3) is 10.2 Å². The van der Waals surface area contributed by atoms with E-state index in [9.17, 15) is 4.79 Å². The molecular formula is C24H21N3O3S2. The lowest BCUT2D eigenvalue weighted by Gasteiger charge is -2.07. The second-order valence-electron chi connectivity index (χ2n) is 6.75. The van der Waals surface area contributed by atoms with Crippen molar-refractivity contribution < 1.29 is 14.3 Å². The number of rotatable bonds is 8. The van der Waals surface area contributed by atoms with Crippen LogP contribution in [0.4, 0.5) is 0 Å². The summed E-state index contributed by atoms with van der Waals surface area (Å²) in [5.74, 6) is 1.75. The molecule has 1 N–H and O–H groups in total. The summed E-state index contributed by atoms with van der Waals surface area (Å²) in [6.07, 6.45) is 1.56. The lowest BCUT2D eigenvalue weighted by Crippen LogP contribution is -2.17. The summed E-state index contributed by atoms with van der Waals surface area (Å²) in [7, 11) is 3.15. The molecule has 0 bridgehead atoms. The molecule has 0 aliphatic rings. The van der Waals surface area contributed by atoms with Gasteiger partial charge in [-0.05, 0) is 53.6 Å². The minimum absolute atomic E-state index is 0.271. The highest BCUT2D eigenvalue weighted by Crippen LogP contribution is 2.31. The van der Waals surface area contributed by atoms with Gasteiger partial charge in [-0.25, -0.2) is 10.4 Å². The van der Waals surface area contributed by atoms with E-state index in [2.05, 4.69) is 21.6 Å². The van der Waals surface area contributed by atoms with Crippen LogP contribution < -0.4 is 14.9 Å².